The molecule has 1 aliphatic carbocycles. The topological polar surface area (TPSA) is 29.1 Å². The predicted octanol–water partition coefficient (Wildman–Crippen LogP) is 2.77. The van der Waals surface area contributed by atoms with Crippen LogP contribution < -0.4 is 5.32 Å². The zero-order valence-electron chi connectivity index (χ0n) is 8.04. The summed E-state index contributed by atoms with van der Waals surface area (Å²) in [4.78, 5) is 10.2. The van der Waals surface area contributed by atoms with Crippen LogP contribution in [0.15, 0.2) is 24.3 Å². The number of alkyl halides is 2. The van der Waals surface area contributed by atoms with E-state index in [9.17, 15) is 13.6 Å². The second-order valence-electron chi connectivity index (χ2n) is 3.85. The summed E-state index contributed by atoms with van der Waals surface area (Å²) in [6, 6.07) is 7.05. The van der Waals surface area contributed by atoms with Gasteiger partial charge in [0.25, 0.3) is 0 Å². The smallest absolute Gasteiger partial charge is 0.249 e. The van der Waals surface area contributed by atoms with Gasteiger partial charge >= 0.3 is 0 Å². The van der Waals surface area contributed by atoms with Crippen LogP contribution in [0.5, 0.6) is 0 Å². The maximum absolute atomic E-state index is 12.7. The molecule has 2 nitrogen and oxygen atoms in total. The Kier molecular flexibility index (Phi) is 2.42. The van der Waals surface area contributed by atoms with Crippen LogP contribution in [0.1, 0.15) is 24.3 Å². The van der Waals surface area contributed by atoms with Crippen molar-refractivity contribution < 1.29 is 13.6 Å². The van der Waals surface area contributed by atoms with Gasteiger partial charge in [0.05, 0.1) is 0 Å². The zero-order chi connectivity index (χ0) is 10.9. The zero-order valence-corrected chi connectivity index (χ0v) is 8.04. The molecule has 0 heterocycles. The molecule has 1 aromatic carbocycles. The van der Waals surface area contributed by atoms with Crippen LogP contribution in [0.2, 0.25) is 0 Å². The van der Waals surface area contributed by atoms with E-state index in [1.807, 2.05) is 6.07 Å². The minimum absolute atomic E-state index is 0.0756. The van der Waals surface area contributed by atoms with Crippen molar-refractivity contribution in [2.45, 2.75) is 24.7 Å². The quantitative estimate of drug-likeness (QED) is 0.765. The molecule has 0 aliphatic heterocycles. The van der Waals surface area contributed by atoms with E-state index in [0.29, 0.717) is 12.1 Å². The number of rotatable bonds is 3. The summed E-state index contributed by atoms with van der Waals surface area (Å²) in [6.07, 6.45) is 0.406. The third kappa shape index (κ3) is 2.14. The molecule has 1 fully saturated rings. The van der Waals surface area contributed by atoms with Crippen LogP contribution in [-0.4, -0.2) is 12.3 Å². The number of anilines is 1. The van der Waals surface area contributed by atoms with Crippen molar-refractivity contribution in [3.8, 4) is 0 Å². The van der Waals surface area contributed by atoms with Crippen LogP contribution in [-0.2, 0) is 4.79 Å². The monoisotopic (exact) mass is 211 g/mol. The van der Waals surface area contributed by atoms with Crippen molar-refractivity contribution in [3.63, 3.8) is 0 Å². The molecule has 1 saturated carbocycles. The van der Waals surface area contributed by atoms with Crippen molar-refractivity contribution in [1.82, 2.24) is 0 Å². The number of carbonyl (C=O) groups excluding carboxylic acids is 1. The summed E-state index contributed by atoms with van der Waals surface area (Å²) < 4.78 is 25.3. The minimum atomic E-state index is -2.50. The molecule has 0 bridgehead atoms. The van der Waals surface area contributed by atoms with Gasteiger partial charge in [-0.2, -0.15) is 0 Å². The van der Waals surface area contributed by atoms with Gasteiger partial charge in [-0.1, -0.05) is 12.1 Å². The van der Waals surface area contributed by atoms with Crippen molar-refractivity contribution in [3.05, 3.63) is 29.8 Å². The Labute approximate surface area is 86.3 Å². The Morgan fingerprint density at radius 3 is 2.73 bits per heavy atom. The summed E-state index contributed by atoms with van der Waals surface area (Å²) in [7, 11) is 0. The van der Waals surface area contributed by atoms with E-state index < -0.39 is 5.92 Å². The highest BCUT2D eigenvalue weighted by atomic mass is 19.3. The largest absolute Gasteiger partial charge is 0.329 e. The molecule has 80 valence electrons. The van der Waals surface area contributed by atoms with Gasteiger partial charge in [0.2, 0.25) is 12.3 Å². The molecule has 1 amide bonds. The fourth-order valence-corrected chi connectivity index (χ4v) is 1.85. The van der Waals surface area contributed by atoms with Crippen LogP contribution in [0.25, 0.3) is 0 Å². The van der Waals surface area contributed by atoms with Crippen LogP contribution in [0, 0.1) is 0 Å². The highest BCUT2D eigenvalue weighted by Gasteiger charge is 2.45. The van der Waals surface area contributed by atoms with Crippen LogP contribution >= 0.6 is 0 Å². The molecule has 0 aromatic heterocycles. The van der Waals surface area contributed by atoms with Gasteiger partial charge < -0.3 is 5.32 Å². The maximum atomic E-state index is 12.7. The Hall–Kier alpha value is -1.45. The maximum Gasteiger partial charge on any atom is 0.249 e. The lowest BCUT2D eigenvalue weighted by molar-refractivity contribution is -0.105. The highest BCUT2D eigenvalue weighted by molar-refractivity contribution is 5.71. The van der Waals surface area contributed by atoms with Gasteiger partial charge in [0, 0.05) is 18.5 Å². The molecule has 1 aliphatic rings. The van der Waals surface area contributed by atoms with Crippen LogP contribution in [0.3, 0.4) is 0 Å². The van der Waals surface area contributed by atoms with Gasteiger partial charge in [0.15, 0.2) is 0 Å². The number of amides is 1. The highest BCUT2D eigenvalue weighted by Crippen LogP contribution is 2.48. The van der Waals surface area contributed by atoms with Crippen molar-refractivity contribution in [2.24, 2.45) is 0 Å². The predicted molar refractivity (Wildman–Crippen MR) is 53.1 cm³/mol. The Morgan fingerprint density at radius 1 is 1.40 bits per heavy atom. The average Bonchev–Trinajstić information content (AvgIpc) is 2.15. The molecule has 15 heavy (non-hydrogen) atoms. The first-order valence-corrected chi connectivity index (χ1v) is 4.79. The lowest BCUT2D eigenvalue weighted by atomic mass is 9.77. The number of hydrogen-bond donors (Lipinski definition) is 1. The van der Waals surface area contributed by atoms with E-state index >= 15 is 0 Å². The first kappa shape index (κ1) is 10.1. The fraction of sp³-hybridized carbons (Fsp3) is 0.364. The first-order chi connectivity index (χ1) is 7.11. The van der Waals surface area contributed by atoms with Gasteiger partial charge in [-0.15, -0.1) is 0 Å². The summed E-state index contributed by atoms with van der Waals surface area (Å²) in [5.41, 5.74) is 1.52. The normalized spacial score (nSPS) is 19.3. The molecule has 1 aromatic rings. The van der Waals surface area contributed by atoms with Crippen LogP contribution in [0.4, 0.5) is 14.5 Å². The summed E-state index contributed by atoms with van der Waals surface area (Å²) in [5, 5.41) is 2.50. The second-order valence-corrected chi connectivity index (χ2v) is 3.85. The SMILES string of the molecule is O=CNc1cccc(C2CC(F)(F)C2)c1. The minimum Gasteiger partial charge on any atom is -0.329 e. The molecule has 0 spiro atoms. The van der Waals surface area contributed by atoms with Crippen molar-refractivity contribution in [1.29, 1.82) is 0 Å². The molecule has 0 saturated heterocycles. The van der Waals surface area contributed by atoms with Gasteiger partial charge in [-0.25, -0.2) is 8.78 Å². The van der Waals surface area contributed by atoms with Gasteiger partial charge in [-0.05, 0) is 23.6 Å². The van der Waals surface area contributed by atoms with E-state index in [1.54, 1.807) is 18.2 Å². The number of carbonyl (C=O) groups is 1. The molecule has 0 radical (unpaired) electrons. The van der Waals surface area contributed by atoms with Crippen molar-refractivity contribution in [2.75, 3.05) is 5.32 Å². The molecule has 1 N–H and O–H groups in total. The Morgan fingerprint density at radius 2 is 2.13 bits per heavy atom. The van der Waals surface area contributed by atoms with Crippen molar-refractivity contribution >= 4 is 12.1 Å². The standard InChI is InChI=1S/C11H11F2NO/c12-11(13)5-9(6-11)8-2-1-3-10(4-8)14-7-15/h1-4,7,9H,5-6H2,(H,14,15). The lowest BCUT2D eigenvalue weighted by Gasteiger charge is -2.35. The summed E-state index contributed by atoms with van der Waals surface area (Å²) >= 11 is 0. The molecule has 0 atom stereocenters. The lowest BCUT2D eigenvalue weighted by Crippen LogP contribution is -2.33. The first-order valence-electron chi connectivity index (χ1n) is 4.79. The van der Waals surface area contributed by atoms with E-state index in [2.05, 4.69) is 5.32 Å². The molecule has 2 rings (SSSR count). The van der Waals surface area contributed by atoms with E-state index in [0.717, 1.165) is 5.56 Å². The summed E-state index contributed by atoms with van der Waals surface area (Å²) in [6.45, 7) is 0. The molecular formula is C11H11F2NO. The van der Waals surface area contributed by atoms with Gasteiger partial charge in [0.1, 0.15) is 0 Å². The number of hydrogen-bond acceptors (Lipinski definition) is 1. The van der Waals surface area contributed by atoms with E-state index in [-0.39, 0.29) is 18.8 Å². The summed E-state index contributed by atoms with van der Waals surface area (Å²) in [5.74, 6) is -2.58. The van der Waals surface area contributed by atoms with Gasteiger partial charge in [-0.3, -0.25) is 4.79 Å². The third-order valence-corrected chi connectivity index (χ3v) is 2.67. The van der Waals surface area contributed by atoms with E-state index in [1.165, 1.54) is 0 Å². The molecular weight excluding hydrogens is 200 g/mol. The Balaban J connectivity index is 2.09. The van der Waals surface area contributed by atoms with E-state index in [4.69, 9.17) is 0 Å². The number of halogens is 2. The Bertz CT molecular complexity index is 371. The molecule has 4 heteroatoms. The number of nitrogens with one attached hydrogen (secondary N) is 1. The molecule has 0 unspecified atom stereocenters. The number of benzene rings is 1. The third-order valence-electron chi connectivity index (χ3n) is 2.67. The fourth-order valence-electron chi connectivity index (χ4n) is 1.85. The average molecular weight is 211 g/mol. The second kappa shape index (κ2) is 3.61.